The van der Waals surface area contributed by atoms with Gasteiger partial charge in [0.25, 0.3) is 15.9 Å². The van der Waals surface area contributed by atoms with E-state index in [4.69, 9.17) is 4.74 Å². The molecule has 0 spiro atoms. The number of hydrogen-bond donors (Lipinski definition) is 2. The number of thiophene rings is 1. The Labute approximate surface area is 187 Å². The predicted molar refractivity (Wildman–Crippen MR) is 125 cm³/mol. The number of benzene rings is 2. The molecule has 0 radical (unpaired) electrons. The fourth-order valence-corrected chi connectivity index (χ4v) is 4.85. The van der Waals surface area contributed by atoms with E-state index >= 15 is 0 Å². The molecule has 0 saturated heterocycles. The molecule has 0 aliphatic rings. The van der Waals surface area contributed by atoms with E-state index < -0.39 is 10.0 Å². The normalized spacial score (nSPS) is 11.7. The van der Waals surface area contributed by atoms with Crippen molar-refractivity contribution < 1.29 is 17.9 Å². The van der Waals surface area contributed by atoms with Crippen LogP contribution in [0.25, 0.3) is 0 Å². The maximum atomic E-state index is 12.3. The average molecular weight is 459 g/mol. The third-order valence-corrected chi connectivity index (χ3v) is 7.31. The zero-order valence-corrected chi connectivity index (χ0v) is 19.3. The highest BCUT2D eigenvalue weighted by atomic mass is 32.2. The topological polar surface area (TPSA) is 84.5 Å². The van der Waals surface area contributed by atoms with Gasteiger partial charge in [-0.05, 0) is 58.8 Å². The lowest BCUT2D eigenvalue weighted by atomic mass is 9.87. The van der Waals surface area contributed by atoms with Gasteiger partial charge in [0.2, 0.25) is 0 Å². The lowest BCUT2D eigenvalue weighted by Gasteiger charge is -2.19. The lowest BCUT2D eigenvalue weighted by molar-refractivity contribution is 0.0947. The maximum absolute atomic E-state index is 12.3. The highest BCUT2D eigenvalue weighted by Gasteiger charge is 2.15. The Morgan fingerprint density at radius 2 is 1.68 bits per heavy atom. The van der Waals surface area contributed by atoms with Crippen molar-refractivity contribution in [2.75, 3.05) is 17.9 Å². The number of sulfonamides is 1. The summed E-state index contributed by atoms with van der Waals surface area (Å²) >= 11 is 1.14. The fourth-order valence-electron chi connectivity index (χ4n) is 2.80. The van der Waals surface area contributed by atoms with Crippen LogP contribution in [0.2, 0.25) is 0 Å². The van der Waals surface area contributed by atoms with Crippen molar-refractivity contribution in [1.82, 2.24) is 5.32 Å². The van der Waals surface area contributed by atoms with E-state index in [1.54, 1.807) is 35.7 Å². The van der Waals surface area contributed by atoms with Crippen molar-refractivity contribution >= 4 is 33.0 Å². The Morgan fingerprint density at radius 1 is 1.00 bits per heavy atom. The number of carbonyl (C=O) groups excluding carboxylic acids is 1. The molecule has 1 aromatic heterocycles. The number of amides is 1. The molecule has 0 bridgehead atoms. The lowest BCUT2D eigenvalue weighted by Crippen LogP contribution is -2.28. The molecule has 0 atom stereocenters. The van der Waals surface area contributed by atoms with Crippen LogP contribution >= 0.6 is 11.3 Å². The Bertz CT molecular complexity index is 1100. The predicted octanol–water partition coefficient (Wildman–Crippen LogP) is 4.66. The summed E-state index contributed by atoms with van der Waals surface area (Å²) < 4.78 is 32.9. The van der Waals surface area contributed by atoms with Crippen LogP contribution in [0.4, 0.5) is 5.69 Å². The Kier molecular flexibility index (Phi) is 7.02. The van der Waals surface area contributed by atoms with Crippen LogP contribution in [0, 0.1) is 0 Å². The van der Waals surface area contributed by atoms with Crippen molar-refractivity contribution in [1.29, 1.82) is 0 Å². The first-order valence-corrected chi connectivity index (χ1v) is 12.2. The van der Waals surface area contributed by atoms with Gasteiger partial charge in [-0.2, -0.15) is 0 Å². The molecule has 3 aromatic rings. The second kappa shape index (κ2) is 9.53. The van der Waals surface area contributed by atoms with E-state index in [0.29, 0.717) is 24.4 Å². The van der Waals surface area contributed by atoms with E-state index in [2.05, 4.69) is 30.8 Å². The third kappa shape index (κ3) is 6.32. The zero-order chi connectivity index (χ0) is 22.5. The first-order valence-electron chi connectivity index (χ1n) is 9.83. The molecule has 2 N–H and O–H groups in total. The molecule has 2 aromatic carbocycles. The zero-order valence-electron chi connectivity index (χ0n) is 17.7. The van der Waals surface area contributed by atoms with Gasteiger partial charge in [0, 0.05) is 11.3 Å². The number of nitrogens with one attached hydrogen (secondary N) is 2. The standard InChI is InChI=1S/C23H26N2O4S2/c1-23(2,3)18-8-12-20(13-9-18)29-15-14-24-22(26)17-6-10-19(11-7-17)25-31(27,28)21-5-4-16-30-21/h4-13,16,25H,14-15H2,1-3H3,(H,24,26). The minimum atomic E-state index is -3.61. The van der Waals surface area contributed by atoms with E-state index in [1.165, 1.54) is 11.6 Å². The van der Waals surface area contributed by atoms with Crippen LogP contribution in [0.3, 0.4) is 0 Å². The summed E-state index contributed by atoms with van der Waals surface area (Å²) in [6, 6.07) is 17.4. The smallest absolute Gasteiger partial charge is 0.271 e. The van der Waals surface area contributed by atoms with Gasteiger partial charge in [0.05, 0.1) is 6.54 Å². The van der Waals surface area contributed by atoms with Gasteiger partial charge in [0.1, 0.15) is 16.6 Å². The molecular weight excluding hydrogens is 432 g/mol. The summed E-state index contributed by atoms with van der Waals surface area (Å²) in [5.41, 5.74) is 2.15. The van der Waals surface area contributed by atoms with Crippen LogP contribution in [0.15, 0.2) is 70.3 Å². The van der Waals surface area contributed by atoms with Crippen molar-refractivity contribution in [2.45, 2.75) is 30.4 Å². The summed E-state index contributed by atoms with van der Waals surface area (Å²) in [4.78, 5) is 12.3. The molecule has 164 valence electrons. The highest BCUT2D eigenvalue weighted by Crippen LogP contribution is 2.24. The van der Waals surface area contributed by atoms with E-state index in [9.17, 15) is 13.2 Å². The third-order valence-electron chi connectivity index (χ3n) is 4.54. The SMILES string of the molecule is CC(C)(C)c1ccc(OCCNC(=O)c2ccc(NS(=O)(=O)c3cccs3)cc2)cc1. The van der Waals surface area contributed by atoms with Crippen molar-refractivity contribution in [2.24, 2.45) is 0 Å². The molecule has 31 heavy (non-hydrogen) atoms. The van der Waals surface area contributed by atoms with Crippen LogP contribution in [0.5, 0.6) is 5.75 Å². The maximum Gasteiger partial charge on any atom is 0.271 e. The number of hydrogen-bond acceptors (Lipinski definition) is 5. The van der Waals surface area contributed by atoms with Gasteiger partial charge < -0.3 is 10.1 Å². The van der Waals surface area contributed by atoms with Crippen LogP contribution in [-0.2, 0) is 15.4 Å². The number of carbonyl (C=O) groups is 1. The number of anilines is 1. The molecule has 0 saturated carbocycles. The van der Waals surface area contributed by atoms with E-state index in [1.807, 2.05) is 24.3 Å². The largest absolute Gasteiger partial charge is 0.492 e. The molecule has 0 fully saturated rings. The summed E-state index contributed by atoms with van der Waals surface area (Å²) in [6.45, 7) is 7.17. The summed E-state index contributed by atoms with van der Waals surface area (Å²) in [5.74, 6) is 0.504. The molecule has 1 heterocycles. The Morgan fingerprint density at radius 3 is 2.26 bits per heavy atom. The fraction of sp³-hybridized carbons (Fsp3) is 0.261. The number of ether oxygens (including phenoxy) is 1. The van der Waals surface area contributed by atoms with Crippen molar-refractivity contribution in [3.05, 3.63) is 77.2 Å². The minimum absolute atomic E-state index is 0.0890. The second-order valence-corrected chi connectivity index (χ2v) is 10.9. The summed E-state index contributed by atoms with van der Waals surface area (Å²) in [7, 11) is -3.61. The molecule has 8 heteroatoms. The van der Waals surface area contributed by atoms with Gasteiger partial charge in [-0.15, -0.1) is 11.3 Å². The molecule has 0 aliphatic carbocycles. The van der Waals surface area contributed by atoms with Crippen LogP contribution < -0.4 is 14.8 Å². The first-order chi connectivity index (χ1) is 14.6. The quantitative estimate of drug-likeness (QED) is 0.481. The van der Waals surface area contributed by atoms with Gasteiger partial charge in [-0.3, -0.25) is 9.52 Å². The van der Waals surface area contributed by atoms with Gasteiger partial charge in [0.15, 0.2) is 0 Å². The van der Waals surface area contributed by atoms with Crippen molar-refractivity contribution in [3.63, 3.8) is 0 Å². The molecule has 1 amide bonds. The minimum Gasteiger partial charge on any atom is -0.492 e. The summed E-state index contributed by atoms with van der Waals surface area (Å²) in [5, 5.41) is 4.50. The molecule has 0 aliphatic heterocycles. The van der Waals surface area contributed by atoms with Crippen molar-refractivity contribution in [3.8, 4) is 5.75 Å². The summed E-state index contributed by atoms with van der Waals surface area (Å²) in [6.07, 6.45) is 0. The van der Waals surface area contributed by atoms with Crippen LogP contribution in [-0.4, -0.2) is 27.5 Å². The second-order valence-electron chi connectivity index (χ2n) is 7.99. The Hall–Kier alpha value is -2.84. The first kappa shape index (κ1) is 22.8. The molecule has 3 rings (SSSR count). The average Bonchev–Trinajstić information content (AvgIpc) is 3.27. The monoisotopic (exact) mass is 458 g/mol. The molecular formula is C23H26N2O4S2. The highest BCUT2D eigenvalue weighted by molar-refractivity contribution is 7.94. The van der Waals surface area contributed by atoms with Gasteiger partial charge >= 0.3 is 0 Å². The Balaban J connectivity index is 1.46. The molecule has 6 nitrogen and oxygen atoms in total. The van der Waals surface area contributed by atoms with E-state index in [-0.39, 0.29) is 15.5 Å². The van der Waals surface area contributed by atoms with Gasteiger partial charge in [-0.25, -0.2) is 8.42 Å². The van der Waals surface area contributed by atoms with Gasteiger partial charge in [-0.1, -0.05) is 39.0 Å². The van der Waals surface area contributed by atoms with Crippen LogP contribution in [0.1, 0.15) is 36.7 Å². The number of rotatable bonds is 8. The van der Waals surface area contributed by atoms with E-state index in [0.717, 1.165) is 17.1 Å². The molecule has 0 unspecified atom stereocenters.